The molecule has 33 heavy (non-hydrogen) atoms. The topological polar surface area (TPSA) is 152 Å². The van der Waals surface area contributed by atoms with Gasteiger partial charge in [0, 0.05) is 6.26 Å². The molecule has 0 spiro atoms. The number of benzene rings is 1. The lowest BCUT2D eigenvalue weighted by Crippen LogP contribution is -2.45. The van der Waals surface area contributed by atoms with E-state index in [-0.39, 0.29) is 45.6 Å². The summed E-state index contributed by atoms with van der Waals surface area (Å²) in [5.41, 5.74) is 0.299. The average Bonchev–Trinajstić information content (AvgIpc) is 3.43. The minimum Gasteiger partial charge on any atom is -0.490 e. The number of furan rings is 1. The molecule has 2 aliphatic rings. The number of hydrogen-bond acceptors (Lipinski definition) is 10. The summed E-state index contributed by atoms with van der Waals surface area (Å²) >= 11 is 0.712. The van der Waals surface area contributed by atoms with Gasteiger partial charge < -0.3 is 13.9 Å². The second-order valence-electron chi connectivity index (χ2n) is 6.68. The van der Waals surface area contributed by atoms with E-state index in [9.17, 15) is 18.0 Å². The number of carbonyl (C=O) groups excluding carboxylic acids is 2. The quantitative estimate of drug-likeness (QED) is 0.290. The van der Waals surface area contributed by atoms with Crippen LogP contribution < -0.4 is 9.47 Å². The molecule has 0 fully saturated rings. The van der Waals surface area contributed by atoms with Crippen molar-refractivity contribution in [2.75, 3.05) is 12.9 Å². The highest BCUT2D eigenvalue weighted by Gasteiger charge is 2.41. The molecule has 0 atom stereocenters. The van der Waals surface area contributed by atoms with Crippen LogP contribution in [0.4, 0.5) is 0 Å². The molecule has 2 aliphatic heterocycles. The van der Waals surface area contributed by atoms with Gasteiger partial charge in [0.15, 0.2) is 11.5 Å². The summed E-state index contributed by atoms with van der Waals surface area (Å²) in [5.74, 6) is -1.42. The van der Waals surface area contributed by atoms with Crippen LogP contribution in [-0.2, 0) is 14.6 Å². The number of nitrogens with zero attached hydrogens (tertiary/aromatic N) is 3. The highest BCUT2D eigenvalue weighted by atomic mass is 32.2. The summed E-state index contributed by atoms with van der Waals surface area (Å²) < 4.78 is 43.7. The van der Waals surface area contributed by atoms with Crippen molar-refractivity contribution in [1.82, 2.24) is 4.90 Å². The maximum absolute atomic E-state index is 12.5. The first kappa shape index (κ1) is 22.5. The minimum absolute atomic E-state index is 0.00207. The van der Waals surface area contributed by atoms with Crippen molar-refractivity contribution in [2.45, 2.75) is 6.92 Å². The molecule has 11 nitrogen and oxygen atoms in total. The number of fused-ring (bicyclic) bond motifs is 1. The van der Waals surface area contributed by atoms with Gasteiger partial charge in [-0.3, -0.25) is 10.2 Å². The third-order valence-corrected chi connectivity index (χ3v) is 6.08. The Labute approximate surface area is 192 Å². The second-order valence-corrected chi connectivity index (χ2v) is 9.32. The van der Waals surface area contributed by atoms with Crippen molar-refractivity contribution in [2.24, 2.45) is 9.39 Å². The molecule has 1 aromatic heterocycles. The van der Waals surface area contributed by atoms with Gasteiger partial charge in [-0.25, -0.2) is 18.1 Å². The summed E-state index contributed by atoms with van der Waals surface area (Å²) in [7, 11) is -3.75. The van der Waals surface area contributed by atoms with Gasteiger partial charge in [0.1, 0.15) is 5.84 Å². The Hall–Kier alpha value is -3.71. The van der Waals surface area contributed by atoms with E-state index in [0.717, 1.165) is 11.2 Å². The SMILES string of the molecule is CCOc1cc(C=C2C(=N)N3C(=NC2=O)SN=C3S(C)(=O)=O)ccc1OC(=O)c1ccco1. The molecule has 1 amide bonds. The van der Waals surface area contributed by atoms with Crippen molar-refractivity contribution in [3.63, 3.8) is 0 Å². The Balaban J connectivity index is 1.66. The van der Waals surface area contributed by atoms with Gasteiger partial charge in [0.25, 0.3) is 5.91 Å². The molecule has 0 bridgehead atoms. The Morgan fingerprint density at radius 2 is 2.09 bits per heavy atom. The van der Waals surface area contributed by atoms with Crippen LogP contribution in [0.3, 0.4) is 0 Å². The molecule has 2 aromatic rings. The fraction of sp³-hybridized carbons (Fsp3) is 0.150. The first-order chi connectivity index (χ1) is 15.7. The number of amides is 1. The van der Waals surface area contributed by atoms with E-state index >= 15 is 0 Å². The predicted molar refractivity (Wildman–Crippen MR) is 121 cm³/mol. The maximum Gasteiger partial charge on any atom is 0.379 e. The van der Waals surface area contributed by atoms with Gasteiger partial charge in [0.05, 0.1) is 30.4 Å². The molecule has 0 aliphatic carbocycles. The van der Waals surface area contributed by atoms with Crippen molar-refractivity contribution >= 4 is 55.9 Å². The fourth-order valence-electron chi connectivity index (χ4n) is 2.92. The van der Waals surface area contributed by atoms with Gasteiger partial charge in [-0.2, -0.15) is 9.39 Å². The van der Waals surface area contributed by atoms with Crippen molar-refractivity contribution < 1.29 is 31.9 Å². The Kier molecular flexibility index (Phi) is 5.91. The van der Waals surface area contributed by atoms with Crippen LogP contribution in [0.2, 0.25) is 0 Å². The molecule has 0 unspecified atom stereocenters. The van der Waals surface area contributed by atoms with Gasteiger partial charge in [0.2, 0.25) is 25.9 Å². The lowest BCUT2D eigenvalue weighted by Gasteiger charge is -2.23. The number of hydrogen-bond donors (Lipinski definition) is 1. The standard InChI is InChI=1S/C20H16N4O7S2/c1-3-29-15-10-11(6-7-13(15)31-18(26)14-5-4-8-30-14)9-12-16(21)24-19(22-17(12)25)32-23-20(24)33(2,27)28/h4-10,21H,3H2,1-2H3. The summed E-state index contributed by atoms with van der Waals surface area (Å²) in [6.45, 7) is 2.02. The zero-order chi connectivity index (χ0) is 23.8. The van der Waals surface area contributed by atoms with E-state index in [1.807, 2.05) is 0 Å². The number of amidine groups is 3. The minimum atomic E-state index is -3.75. The van der Waals surface area contributed by atoms with E-state index in [1.165, 1.54) is 30.5 Å². The highest BCUT2D eigenvalue weighted by Crippen LogP contribution is 2.32. The Morgan fingerprint density at radius 1 is 1.30 bits per heavy atom. The van der Waals surface area contributed by atoms with Crippen LogP contribution in [0.5, 0.6) is 11.5 Å². The second kappa shape index (κ2) is 8.67. The van der Waals surface area contributed by atoms with Gasteiger partial charge in [-0.1, -0.05) is 6.07 Å². The summed E-state index contributed by atoms with van der Waals surface area (Å²) in [6.07, 6.45) is 3.67. The monoisotopic (exact) mass is 488 g/mol. The van der Waals surface area contributed by atoms with E-state index < -0.39 is 21.7 Å². The van der Waals surface area contributed by atoms with Crippen LogP contribution in [0.1, 0.15) is 23.0 Å². The summed E-state index contributed by atoms with van der Waals surface area (Å²) in [5, 5.41) is 8.03. The Bertz CT molecular complexity index is 1360. The molecule has 170 valence electrons. The fourth-order valence-corrected chi connectivity index (χ4v) is 4.76. The number of rotatable bonds is 5. The molecule has 1 N–H and O–H groups in total. The van der Waals surface area contributed by atoms with Crippen molar-refractivity contribution in [3.8, 4) is 11.5 Å². The van der Waals surface area contributed by atoms with Crippen LogP contribution in [-0.4, -0.2) is 54.2 Å². The van der Waals surface area contributed by atoms with Gasteiger partial charge in [-0.05, 0) is 42.8 Å². The first-order valence-corrected chi connectivity index (χ1v) is 12.1. The molecule has 0 saturated carbocycles. The highest BCUT2D eigenvalue weighted by molar-refractivity contribution is 8.16. The molecule has 0 saturated heterocycles. The van der Waals surface area contributed by atoms with E-state index in [1.54, 1.807) is 19.1 Å². The van der Waals surface area contributed by atoms with Crippen LogP contribution in [0.25, 0.3) is 6.08 Å². The third-order valence-electron chi connectivity index (χ3n) is 4.33. The number of carbonyl (C=O) groups is 2. The number of ether oxygens (including phenoxy) is 2. The first-order valence-electron chi connectivity index (χ1n) is 9.40. The van der Waals surface area contributed by atoms with Gasteiger partial charge >= 0.3 is 5.97 Å². The molecular formula is C20H16N4O7S2. The molecule has 3 heterocycles. The van der Waals surface area contributed by atoms with Crippen LogP contribution >= 0.6 is 11.9 Å². The number of esters is 1. The lowest BCUT2D eigenvalue weighted by atomic mass is 10.1. The maximum atomic E-state index is 12.5. The molecular weight excluding hydrogens is 472 g/mol. The normalized spacial score (nSPS) is 17.0. The lowest BCUT2D eigenvalue weighted by molar-refractivity contribution is -0.114. The van der Waals surface area contributed by atoms with Crippen LogP contribution in [0.15, 0.2) is 56.0 Å². The molecule has 0 radical (unpaired) electrons. The summed E-state index contributed by atoms with van der Waals surface area (Å²) in [6, 6.07) is 7.55. The van der Waals surface area contributed by atoms with E-state index in [4.69, 9.17) is 19.3 Å². The van der Waals surface area contributed by atoms with E-state index in [0.29, 0.717) is 17.5 Å². The average molecular weight is 489 g/mol. The number of nitrogens with one attached hydrogen (secondary N) is 1. The third kappa shape index (κ3) is 4.45. The number of aliphatic imine (C=N–C) groups is 1. The zero-order valence-electron chi connectivity index (χ0n) is 17.3. The smallest absolute Gasteiger partial charge is 0.379 e. The largest absolute Gasteiger partial charge is 0.490 e. The van der Waals surface area contributed by atoms with Gasteiger partial charge in [-0.15, -0.1) is 0 Å². The van der Waals surface area contributed by atoms with E-state index in [2.05, 4.69) is 9.39 Å². The zero-order valence-corrected chi connectivity index (χ0v) is 18.9. The molecule has 13 heteroatoms. The number of sulfone groups is 1. The summed E-state index contributed by atoms with van der Waals surface area (Å²) in [4.78, 5) is 29.6. The predicted octanol–water partition coefficient (Wildman–Crippen LogP) is 2.52. The molecule has 4 rings (SSSR count). The Morgan fingerprint density at radius 3 is 2.76 bits per heavy atom. The van der Waals surface area contributed by atoms with Crippen LogP contribution in [0, 0.1) is 5.41 Å². The van der Waals surface area contributed by atoms with Crippen molar-refractivity contribution in [1.29, 1.82) is 5.41 Å². The molecule has 1 aromatic carbocycles. The van der Waals surface area contributed by atoms with Crippen molar-refractivity contribution in [3.05, 3.63) is 53.5 Å².